The number of nitrogens with zero attached hydrogens (tertiary/aromatic N) is 4. The number of hydroxylamine groups is 2. The van der Waals surface area contributed by atoms with E-state index in [4.69, 9.17) is 16.4 Å². The van der Waals surface area contributed by atoms with E-state index in [2.05, 4.69) is 15.3 Å². The van der Waals surface area contributed by atoms with Crippen molar-refractivity contribution in [2.75, 3.05) is 18.4 Å². The maximum absolute atomic E-state index is 13.0. The van der Waals surface area contributed by atoms with Crippen LogP contribution in [0.15, 0.2) is 60.8 Å². The van der Waals surface area contributed by atoms with Gasteiger partial charge < -0.3 is 10.2 Å². The molecule has 9 heteroatoms. The molecule has 188 valence electrons. The number of nitrogens with one attached hydrogen (secondary N) is 1. The van der Waals surface area contributed by atoms with Crippen molar-refractivity contribution >= 4 is 35.6 Å². The summed E-state index contributed by atoms with van der Waals surface area (Å²) in [6.07, 6.45) is 3.76. The molecule has 36 heavy (non-hydrogen) atoms. The fourth-order valence-electron chi connectivity index (χ4n) is 4.03. The molecule has 2 aromatic carbocycles. The van der Waals surface area contributed by atoms with Crippen LogP contribution in [-0.4, -0.2) is 57.0 Å². The summed E-state index contributed by atoms with van der Waals surface area (Å²) in [6, 6.07) is 16.5. The van der Waals surface area contributed by atoms with Crippen LogP contribution in [0.1, 0.15) is 44.0 Å². The van der Waals surface area contributed by atoms with Gasteiger partial charge in [0, 0.05) is 41.1 Å². The van der Waals surface area contributed by atoms with E-state index >= 15 is 0 Å². The molecule has 1 N–H and O–H groups in total. The van der Waals surface area contributed by atoms with Gasteiger partial charge in [0.1, 0.15) is 0 Å². The van der Waals surface area contributed by atoms with E-state index in [1.165, 1.54) is 5.06 Å². The molecular weight excluding hydrogens is 478 g/mol. The normalized spacial score (nSPS) is 14.4. The number of likely N-dealkylation sites (tertiary alicyclic amines) is 1. The van der Waals surface area contributed by atoms with Crippen molar-refractivity contribution < 1.29 is 14.4 Å². The molecule has 1 saturated heterocycles. The van der Waals surface area contributed by atoms with Crippen LogP contribution in [0.5, 0.6) is 0 Å². The van der Waals surface area contributed by atoms with Crippen LogP contribution in [-0.2, 0) is 9.63 Å². The van der Waals surface area contributed by atoms with Gasteiger partial charge in [-0.15, -0.1) is 0 Å². The number of piperidine rings is 1. The molecule has 0 atom stereocenters. The van der Waals surface area contributed by atoms with E-state index in [-0.39, 0.29) is 11.9 Å². The molecule has 3 aromatic rings. The Balaban J connectivity index is 1.35. The molecule has 0 aliphatic carbocycles. The number of hydrogen-bond donors (Lipinski definition) is 1. The van der Waals surface area contributed by atoms with Crippen molar-refractivity contribution in [1.82, 2.24) is 19.9 Å². The third-order valence-electron chi connectivity index (χ3n) is 5.78. The number of aromatic nitrogens is 2. The highest BCUT2D eigenvalue weighted by Gasteiger charge is 2.29. The van der Waals surface area contributed by atoms with Crippen molar-refractivity contribution in [1.29, 1.82) is 0 Å². The molecule has 0 bridgehead atoms. The Kier molecular flexibility index (Phi) is 7.86. The standard InChI is InChI=1S/C27H30ClN5O3/c1-27(2,3)36-33(18-34)23-13-16-32(17-14-23)25(35)20-6-10-22(11-7-20)30-26-29-15-12-24(31-26)19-4-8-21(28)9-5-19/h4-12,15,18,23H,13-14,16-17H2,1-3H3,(H,29,30,31). The first-order valence-electron chi connectivity index (χ1n) is 11.9. The largest absolute Gasteiger partial charge is 0.338 e. The highest BCUT2D eigenvalue weighted by molar-refractivity contribution is 6.30. The summed E-state index contributed by atoms with van der Waals surface area (Å²) < 4.78 is 0. The lowest BCUT2D eigenvalue weighted by Gasteiger charge is -2.38. The minimum atomic E-state index is -0.453. The zero-order valence-electron chi connectivity index (χ0n) is 20.6. The topological polar surface area (TPSA) is 87.7 Å². The minimum absolute atomic E-state index is 0.0321. The number of carbonyl (C=O) groups excluding carboxylic acids is 2. The first-order chi connectivity index (χ1) is 17.2. The van der Waals surface area contributed by atoms with Gasteiger partial charge >= 0.3 is 0 Å². The first-order valence-corrected chi connectivity index (χ1v) is 12.3. The quantitative estimate of drug-likeness (QED) is 0.343. The van der Waals surface area contributed by atoms with E-state index in [1.54, 1.807) is 18.3 Å². The molecule has 2 heterocycles. The van der Waals surface area contributed by atoms with Crippen LogP contribution in [0.3, 0.4) is 0 Å². The van der Waals surface area contributed by atoms with Crippen LogP contribution in [0.2, 0.25) is 5.02 Å². The van der Waals surface area contributed by atoms with Gasteiger partial charge in [-0.3, -0.25) is 14.4 Å². The van der Waals surface area contributed by atoms with Gasteiger partial charge in [-0.1, -0.05) is 23.7 Å². The van der Waals surface area contributed by atoms with Crippen molar-refractivity contribution in [2.24, 2.45) is 0 Å². The smallest absolute Gasteiger partial charge is 0.253 e. The lowest BCUT2D eigenvalue weighted by molar-refractivity contribution is -0.236. The summed E-state index contributed by atoms with van der Waals surface area (Å²) in [5.74, 6) is 0.427. The number of hydrogen-bond acceptors (Lipinski definition) is 6. The van der Waals surface area contributed by atoms with E-state index in [0.29, 0.717) is 42.5 Å². The van der Waals surface area contributed by atoms with Gasteiger partial charge in [-0.05, 0) is 76.1 Å². The number of anilines is 2. The van der Waals surface area contributed by atoms with Crippen LogP contribution in [0.4, 0.5) is 11.6 Å². The molecule has 2 amide bonds. The Morgan fingerprint density at radius 3 is 2.36 bits per heavy atom. The summed E-state index contributed by atoms with van der Waals surface area (Å²) >= 11 is 5.98. The second-order valence-corrected chi connectivity index (χ2v) is 10.1. The molecule has 8 nitrogen and oxygen atoms in total. The Morgan fingerprint density at radius 1 is 1.08 bits per heavy atom. The Morgan fingerprint density at radius 2 is 1.75 bits per heavy atom. The second-order valence-electron chi connectivity index (χ2n) is 9.67. The Bertz CT molecular complexity index is 1190. The number of carbonyl (C=O) groups is 2. The summed E-state index contributed by atoms with van der Waals surface area (Å²) in [6.45, 7) is 6.84. The Labute approximate surface area is 216 Å². The summed E-state index contributed by atoms with van der Waals surface area (Å²) in [7, 11) is 0. The molecule has 0 radical (unpaired) electrons. The highest BCUT2D eigenvalue weighted by atomic mass is 35.5. The van der Waals surface area contributed by atoms with Crippen molar-refractivity contribution in [3.63, 3.8) is 0 Å². The van der Waals surface area contributed by atoms with Gasteiger partial charge in [-0.25, -0.2) is 15.0 Å². The molecule has 0 saturated carbocycles. The Hall–Kier alpha value is -3.49. The molecule has 4 rings (SSSR count). The number of benzene rings is 2. The van der Waals surface area contributed by atoms with E-state index in [0.717, 1.165) is 23.4 Å². The van der Waals surface area contributed by atoms with Crippen LogP contribution in [0, 0.1) is 0 Å². The van der Waals surface area contributed by atoms with Gasteiger partial charge in [0.2, 0.25) is 12.4 Å². The van der Waals surface area contributed by atoms with Gasteiger partial charge in [0.05, 0.1) is 17.3 Å². The van der Waals surface area contributed by atoms with Crippen molar-refractivity contribution in [2.45, 2.75) is 45.3 Å². The zero-order chi connectivity index (χ0) is 25.7. The maximum atomic E-state index is 13.0. The lowest BCUT2D eigenvalue weighted by Crippen LogP contribution is -2.48. The van der Waals surface area contributed by atoms with Crippen LogP contribution < -0.4 is 5.32 Å². The van der Waals surface area contributed by atoms with Gasteiger partial charge in [0.25, 0.3) is 5.91 Å². The van der Waals surface area contributed by atoms with E-state index < -0.39 is 5.60 Å². The van der Waals surface area contributed by atoms with Gasteiger partial charge in [-0.2, -0.15) is 0 Å². The molecular formula is C27H30ClN5O3. The monoisotopic (exact) mass is 507 g/mol. The molecule has 1 aromatic heterocycles. The third-order valence-corrected chi connectivity index (χ3v) is 6.03. The first kappa shape index (κ1) is 25.6. The molecule has 0 unspecified atom stereocenters. The third kappa shape index (κ3) is 6.59. The minimum Gasteiger partial charge on any atom is -0.338 e. The summed E-state index contributed by atoms with van der Waals surface area (Å²) in [5.41, 5.74) is 2.65. The lowest BCUT2D eigenvalue weighted by atomic mass is 10.0. The van der Waals surface area contributed by atoms with Crippen molar-refractivity contribution in [3.05, 3.63) is 71.4 Å². The average molecular weight is 508 g/mol. The van der Waals surface area contributed by atoms with Crippen LogP contribution >= 0.6 is 11.6 Å². The maximum Gasteiger partial charge on any atom is 0.253 e. The number of rotatable bonds is 7. The van der Waals surface area contributed by atoms with Gasteiger partial charge in [0.15, 0.2) is 0 Å². The highest BCUT2D eigenvalue weighted by Crippen LogP contribution is 2.23. The zero-order valence-corrected chi connectivity index (χ0v) is 21.4. The average Bonchev–Trinajstić information content (AvgIpc) is 2.87. The molecule has 0 spiro atoms. The van der Waals surface area contributed by atoms with E-state index in [9.17, 15) is 9.59 Å². The molecule has 1 fully saturated rings. The predicted octanol–water partition coefficient (Wildman–Crippen LogP) is 5.33. The summed E-state index contributed by atoms with van der Waals surface area (Å²) in [4.78, 5) is 40.9. The predicted molar refractivity (Wildman–Crippen MR) is 140 cm³/mol. The van der Waals surface area contributed by atoms with Crippen LogP contribution in [0.25, 0.3) is 11.3 Å². The van der Waals surface area contributed by atoms with Crippen molar-refractivity contribution in [3.8, 4) is 11.3 Å². The summed E-state index contributed by atoms with van der Waals surface area (Å²) in [5, 5.41) is 5.25. The fourth-order valence-corrected chi connectivity index (χ4v) is 4.16. The fraction of sp³-hybridized carbons (Fsp3) is 0.333. The number of halogens is 1. The number of amides is 2. The second kappa shape index (κ2) is 11.1. The molecule has 1 aliphatic rings. The SMILES string of the molecule is CC(C)(C)ON(C=O)C1CCN(C(=O)c2ccc(Nc3nccc(-c4ccc(Cl)cc4)n3)cc2)CC1. The molecule has 1 aliphatic heterocycles. The van der Waals surface area contributed by atoms with E-state index in [1.807, 2.05) is 68.1 Å².